The van der Waals surface area contributed by atoms with Crippen LogP contribution in [0.25, 0.3) is 16.9 Å². The van der Waals surface area contributed by atoms with Crippen molar-refractivity contribution >= 4 is 5.65 Å². The van der Waals surface area contributed by atoms with Crippen molar-refractivity contribution in [3.8, 4) is 11.3 Å². The number of hydrogen-bond donors (Lipinski definition) is 1. The summed E-state index contributed by atoms with van der Waals surface area (Å²) >= 11 is 0. The maximum atomic E-state index is 13.1. The second kappa shape index (κ2) is 5.45. The van der Waals surface area contributed by atoms with E-state index in [1.54, 1.807) is 30.7 Å². The van der Waals surface area contributed by atoms with Gasteiger partial charge in [-0.25, -0.2) is 18.9 Å². The Hall–Kier alpha value is -3.22. The lowest BCUT2D eigenvalue weighted by molar-refractivity contribution is 0.617. The van der Waals surface area contributed by atoms with Crippen molar-refractivity contribution in [1.29, 1.82) is 0 Å². The average molecular weight is 323 g/mol. The van der Waals surface area contributed by atoms with Gasteiger partial charge in [0.15, 0.2) is 5.65 Å². The standard InChI is InChI=1S/C17H14FN5O/c1-11(22-7-6-19-10-22)14-9-17(24)23-16(20-14)8-15(21-23)12-2-4-13(18)5-3-12/h2-11,21H,1H3/t11-/m1/s1. The molecule has 0 unspecified atom stereocenters. The molecule has 0 spiro atoms. The maximum Gasteiger partial charge on any atom is 0.272 e. The van der Waals surface area contributed by atoms with Crippen molar-refractivity contribution in [2.45, 2.75) is 13.0 Å². The second-order valence-corrected chi connectivity index (χ2v) is 5.58. The van der Waals surface area contributed by atoms with Gasteiger partial charge < -0.3 is 4.57 Å². The predicted molar refractivity (Wildman–Crippen MR) is 87.2 cm³/mol. The van der Waals surface area contributed by atoms with Crippen molar-refractivity contribution in [2.75, 3.05) is 0 Å². The first-order valence-corrected chi connectivity index (χ1v) is 7.48. The molecule has 7 heteroatoms. The van der Waals surface area contributed by atoms with Crippen LogP contribution in [-0.4, -0.2) is 24.1 Å². The molecule has 0 amide bonds. The molecule has 1 aromatic carbocycles. The van der Waals surface area contributed by atoms with Gasteiger partial charge in [-0.3, -0.25) is 9.89 Å². The SMILES string of the molecule is C[C@H](c1cc(=O)n2[nH]c(-c3ccc(F)cc3)cc2n1)n1ccnc1. The monoisotopic (exact) mass is 323 g/mol. The molecule has 0 bridgehead atoms. The highest BCUT2D eigenvalue weighted by Crippen LogP contribution is 2.20. The van der Waals surface area contributed by atoms with Crippen molar-refractivity contribution in [3.05, 3.63) is 77.0 Å². The van der Waals surface area contributed by atoms with Crippen LogP contribution in [-0.2, 0) is 0 Å². The van der Waals surface area contributed by atoms with Gasteiger partial charge in [-0.15, -0.1) is 0 Å². The van der Waals surface area contributed by atoms with Gasteiger partial charge >= 0.3 is 0 Å². The minimum atomic E-state index is -0.304. The number of imidazole rings is 1. The second-order valence-electron chi connectivity index (χ2n) is 5.58. The fourth-order valence-electron chi connectivity index (χ4n) is 2.65. The van der Waals surface area contributed by atoms with E-state index in [1.165, 1.54) is 22.7 Å². The van der Waals surface area contributed by atoms with E-state index in [4.69, 9.17) is 0 Å². The highest BCUT2D eigenvalue weighted by molar-refractivity contribution is 5.63. The molecule has 1 N–H and O–H groups in total. The summed E-state index contributed by atoms with van der Waals surface area (Å²) in [5.74, 6) is -0.304. The third-order valence-electron chi connectivity index (χ3n) is 4.03. The predicted octanol–water partition coefficient (Wildman–Crippen LogP) is 2.63. The van der Waals surface area contributed by atoms with Crippen molar-refractivity contribution in [3.63, 3.8) is 0 Å². The number of rotatable bonds is 3. The van der Waals surface area contributed by atoms with E-state index in [2.05, 4.69) is 15.1 Å². The average Bonchev–Trinajstić information content (AvgIpc) is 3.24. The van der Waals surface area contributed by atoms with Gasteiger partial charge in [-0.2, -0.15) is 0 Å². The summed E-state index contributed by atoms with van der Waals surface area (Å²) in [6.45, 7) is 1.95. The number of nitrogens with one attached hydrogen (secondary N) is 1. The van der Waals surface area contributed by atoms with Crippen molar-refractivity contribution < 1.29 is 4.39 Å². The largest absolute Gasteiger partial charge is 0.329 e. The number of fused-ring (bicyclic) bond motifs is 1. The van der Waals surface area contributed by atoms with Gasteiger partial charge in [0, 0.05) is 24.5 Å². The number of aromatic amines is 1. The summed E-state index contributed by atoms with van der Waals surface area (Å²) in [5, 5.41) is 3.00. The van der Waals surface area contributed by atoms with Crippen molar-refractivity contribution in [1.82, 2.24) is 24.1 Å². The maximum absolute atomic E-state index is 13.1. The van der Waals surface area contributed by atoms with Crippen LogP contribution in [0.4, 0.5) is 4.39 Å². The Morgan fingerprint density at radius 3 is 2.71 bits per heavy atom. The zero-order chi connectivity index (χ0) is 16.7. The zero-order valence-electron chi connectivity index (χ0n) is 12.8. The smallest absolute Gasteiger partial charge is 0.272 e. The van der Waals surface area contributed by atoms with E-state index in [1.807, 2.05) is 17.7 Å². The van der Waals surface area contributed by atoms with Gasteiger partial charge in [-0.05, 0) is 36.8 Å². The molecule has 0 saturated carbocycles. The highest BCUT2D eigenvalue weighted by Gasteiger charge is 2.13. The lowest BCUT2D eigenvalue weighted by Crippen LogP contribution is -2.18. The molecular weight excluding hydrogens is 309 g/mol. The number of H-pyrrole nitrogens is 1. The molecule has 0 aliphatic heterocycles. The fourth-order valence-corrected chi connectivity index (χ4v) is 2.65. The molecule has 0 fully saturated rings. The Kier molecular flexibility index (Phi) is 3.26. The van der Waals surface area contributed by atoms with Crippen molar-refractivity contribution in [2.24, 2.45) is 0 Å². The quantitative estimate of drug-likeness (QED) is 0.630. The van der Waals surface area contributed by atoms with E-state index < -0.39 is 0 Å². The summed E-state index contributed by atoms with van der Waals surface area (Å²) in [7, 11) is 0. The molecule has 120 valence electrons. The fraction of sp³-hybridized carbons (Fsp3) is 0.118. The Morgan fingerprint density at radius 2 is 2.00 bits per heavy atom. The van der Waals surface area contributed by atoms with E-state index >= 15 is 0 Å². The number of nitrogens with zero attached hydrogens (tertiary/aromatic N) is 4. The highest BCUT2D eigenvalue weighted by atomic mass is 19.1. The minimum absolute atomic E-state index is 0.102. The van der Waals surface area contributed by atoms with Crippen LogP contribution in [0.5, 0.6) is 0 Å². The van der Waals surface area contributed by atoms with E-state index in [9.17, 15) is 9.18 Å². The minimum Gasteiger partial charge on any atom is -0.329 e. The van der Waals surface area contributed by atoms with Crippen LogP contribution in [0, 0.1) is 5.82 Å². The van der Waals surface area contributed by atoms with Gasteiger partial charge in [0.05, 0.1) is 23.8 Å². The number of hydrogen-bond acceptors (Lipinski definition) is 3. The van der Waals surface area contributed by atoms with E-state index in [-0.39, 0.29) is 17.4 Å². The first-order chi connectivity index (χ1) is 11.6. The molecule has 3 aromatic heterocycles. The summed E-state index contributed by atoms with van der Waals surface area (Å²) in [4.78, 5) is 21.0. The van der Waals surface area contributed by atoms with Gasteiger partial charge in [0.25, 0.3) is 5.56 Å². The van der Waals surface area contributed by atoms with Gasteiger partial charge in [0.2, 0.25) is 0 Å². The van der Waals surface area contributed by atoms with Crippen LogP contribution in [0.1, 0.15) is 18.7 Å². The van der Waals surface area contributed by atoms with Crippen LogP contribution < -0.4 is 5.56 Å². The molecule has 4 rings (SSSR count). The lowest BCUT2D eigenvalue weighted by Gasteiger charge is -2.11. The number of halogens is 1. The molecule has 6 nitrogen and oxygen atoms in total. The molecule has 1 atom stereocenters. The normalized spacial score (nSPS) is 12.6. The first-order valence-electron chi connectivity index (χ1n) is 7.48. The topological polar surface area (TPSA) is 68.0 Å². The van der Waals surface area contributed by atoms with Gasteiger partial charge in [-0.1, -0.05) is 0 Å². The Bertz CT molecular complexity index is 1050. The van der Waals surface area contributed by atoms with Crippen LogP contribution >= 0.6 is 0 Å². The molecule has 0 radical (unpaired) electrons. The van der Waals surface area contributed by atoms with Crippen LogP contribution in [0.2, 0.25) is 0 Å². The molecule has 0 aliphatic rings. The Morgan fingerprint density at radius 1 is 1.21 bits per heavy atom. The number of aromatic nitrogens is 5. The number of benzene rings is 1. The van der Waals surface area contributed by atoms with E-state index in [0.717, 1.165) is 5.56 Å². The van der Waals surface area contributed by atoms with Crippen LogP contribution in [0.3, 0.4) is 0 Å². The summed E-state index contributed by atoms with van der Waals surface area (Å²) in [5.41, 5.74) is 2.46. The summed E-state index contributed by atoms with van der Waals surface area (Å²) in [6.07, 6.45) is 5.20. The third-order valence-corrected chi connectivity index (χ3v) is 4.03. The summed E-state index contributed by atoms with van der Waals surface area (Å²) < 4.78 is 16.3. The molecule has 0 aliphatic carbocycles. The Balaban J connectivity index is 1.81. The molecule has 24 heavy (non-hydrogen) atoms. The third kappa shape index (κ3) is 2.40. The summed E-state index contributed by atoms with van der Waals surface area (Å²) in [6, 6.07) is 9.24. The zero-order valence-corrected chi connectivity index (χ0v) is 12.8. The lowest BCUT2D eigenvalue weighted by atomic mass is 10.1. The molecule has 0 saturated heterocycles. The van der Waals surface area contributed by atoms with E-state index in [0.29, 0.717) is 17.0 Å². The first kappa shape index (κ1) is 14.4. The Labute approximate surface area is 136 Å². The molecule has 3 heterocycles. The van der Waals surface area contributed by atoms with Crippen LogP contribution in [0.15, 0.2) is 59.9 Å². The van der Waals surface area contributed by atoms with Gasteiger partial charge in [0.1, 0.15) is 5.82 Å². The molecular formula is C17H14FN5O. The molecule has 4 aromatic rings.